The quantitative estimate of drug-likeness (QED) is 0.361. The van der Waals surface area contributed by atoms with Crippen molar-refractivity contribution in [3.05, 3.63) is 52.4 Å². The molecule has 0 saturated carbocycles. The smallest absolute Gasteiger partial charge is 0.275 e. The molecule has 134 valence electrons. The molecule has 1 aromatic carbocycles. The topological polar surface area (TPSA) is 143 Å². The number of aromatic nitrogens is 6. The number of nitrogens with one attached hydrogen (secondary N) is 2. The van der Waals surface area contributed by atoms with Crippen LogP contribution in [0.2, 0.25) is 0 Å². The van der Waals surface area contributed by atoms with Gasteiger partial charge in [-0.05, 0) is 36.6 Å². The van der Waals surface area contributed by atoms with Gasteiger partial charge in [-0.25, -0.2) is 20.1 Å². The van der Waals surface area contributed by atoms with E-state index in [1.165, 1.54) is 11.8 Å². The number of carbonyl (C=O) groups is 1. The molecule has 27 heavy (non-hydrogen) atoms. The predicted octanol–water partition coefficient (Wildman–Crippen LogP) is 1.59. The highest BCUT2D eigenvalue weighted by atomic mass is 32.2. The molecule has 0 aliphatic heterocycles. The normalized spacial score (nSPS) is 11.0. The molecule has 0 saturated heterocycles. The molecular weight excluding hydrogens is 366 g/mol. The molecule has 0 spiro atoms. The number of benzene rings is 1. The second-order valence-electron chi connectivity index (χ2n) is 5.61. The first-order chi connectivity index (χ1) is 13.0. The van der Waals surface area contributed by atoms with Crippen molar-refractivity contribution in [1.82, 2.24) is 30.1 Å². The van der Waals surface area contributed by atoms with Crippen LogP contribution >= 0.6 is 11.8 Å². The summed E-state index contributed by atoms with van der Waals surface area (Å²) in [4.78, 5) is 39.6. The maximum Gasteiger partial charge on any atom is 0.275 e. The van der Waals surface area contributed by atoms with E-state index in [4.69, 9.17) is 5.73 Å². The number of aromatic amines is 2. The lowest BCUT2D eigenvalue weighted by atomic mass is 10.2. The van der Waals surface area contributed by atoms with E-state index in [1.54, 1.807) is 36.5 Å². The Morgan fingerprint density at radius 3 is 2.78 bits per heavy atom. The Morgan fingerprint density at radius 1 is 1.15 bits per heavy atom. The Bertz CT molecular complexity index is 1230. The first-order valence-electron chi connectivity index (χ1n) is 7.82. The maximum atomic E-state index is 12.3. The molecule has 4 rings (SSSR count). The fraction of sp³-hybridized carbons (Fsp3) is 0.0588. The summed E-state index contributed by atoms with van der Waals surface area (Å²) < 4.78 is 0. The van der Waals surface area contributed by atoms with Gasteiger partial charge in [0.15, 0.2) is 5.16 Å². The third-order valence-corrected chi connectivity index (χ3v) is 4.47. The highest BCUT2D eigenvalue weighted by Crippen LogP contribution is 2.22. The molecule has 9 nitrogen and oxygen atoms in total. The molecule has 3 heterocycles. The van der Waals surface area contributed by atoms with Crippen LogP contribution in [-0.2, 0) is 0 Å². The summed E-state index contributed by atoms with van der Waals surface area (Å²) in [7, 11) is 0. The minimum absolute atomic E-state index is 0.307. The molecule has 0 aliphatic carbocycles. The number of hydrogen-bond acceptors (Lipinski definition) is 7. The number of carbonyl (C=O) groups excluding carboxylic acids is 1. The Hall–Kier alpha value is -3.53. The highest BCUT2D eigenvalue weighted by molar-refractivity contribution is 7.98. The van der Waals surface area contributed by atoms with Crippen LogP contribution in [0.4, 0.5) is 0 Å². The zero-order valence-electron chi connectivity index (χ0n) is 14.1. The van der Waals surface area contributed by atoms with Crippen molar-refractivity contribution in [3.8, 4) is 22.8 Å². The number of imidazole rings is 1. The van der Waals surface area contributed by atoms with Crippen LogP contribution in [0.15, 0.2) is 46.5 Å². The lowest BCUT2D eigenvalue weighted by Crippen LogP contribution is -2.12. The number of primary amides is 1. The SMILES string of the molecule is CSc1nccc(-c2cc(-c3nc4ccc(C(N)=O)cc4[nH]3)c(=O)[nH]n2)n1. The Balaban J connectivity index is 1.82. The summed E-state index contributed by atoms with van der Waals surface area (Å²) in [6, 6.07) is 8.17. The van der Waals surface area contributed by atoms with Gasteiger partial charge < -0.3 is 10.7 Å². The highest BCUT2D eigenvalue weighted by Gasteiger charge is 2.14. The van der Waals surface area contributed by atoms with E-state index in [0.29, 0.717) is 44.5 Å². The summed E-state index contributed by atoms with van der Waals surface area (Å²) in [5.41, 5.74) is 7.85. The number of fused-ring (bicyclic) bond motifs is 1. The van der Waals surface area contributed by atoms with Crippen molar-refractivity contribution in [3.63, 3.8) is 0 Å². The van der Waals surface area contributed by atoms with Crippen LogP contribution in [0, 0.1) is 0 Å². The summed E-state index contributed by atoms with van der Waals surface area (Å²) in [6.45, 7) is 0. The molecule has 10 heteroatoms. The van der Waals surface area contributed by atoms with Crippen molar-refractivity contribution in [1.29, 1.82) is 0 Å². The van der Waals surface area contributed by atoms with Gasteiger partial charge in [0, 0.05) is 11.8 Å². The van der Waals surface area contributed by atoms with E-state index in [2.05, 4.69) is 30.1 Å². The number of hydrogen-bond donors (Lipinski definition) is 3. The third-order valence-electron chi connectivity index (χ3n) is 3.90. The van der Waals surface area contributed by atoms with Gasteiger partial charge in [-0.2, -0.15) is 5.10 Å². The largest absolute Gasteiger partial charge is 0.366 e. The van der Waals surface area contributed by atoms with Gasteiger partial charge >= 0.3 is 0 Å². The van der Waals surface area contributed by atoms with Crippen molar-refractivity contribution in [2.75, 3.05) is 6.26 Å². The molecule has 0 fully saturated rings. The summed E-state index contributed by atoms with van der Waals surface area (Å²) >= 11 is 1.41. The van der Waals surface area contributed by atoms with E-state index >= 15 is 0 Å². The van der Waals surface area contributed by atoms with Gasteiger partial charge in [0.1, 0.15) is 11.5 Å². The van der Waals surface area contributed by atoms with E-state index in [9.17, 15) is 9.59 Å². The zero-order chi connectivity index (χ0) is 19.0. The predicted molar refractivity (Wildman–Crippen MR) is 101 cm³/mol. The maximum absolute atomic E-state index is 12.3. The lowest BCUT2D eigenvalue weighted by Gasteiger charge is -2.02. The minimum atomic E-state index is -0.537. The van der Waals surface area contributed by atoms with Gasteiger partial charge in [-0.1, -0.05) is 11.8 Å². The fourth-order valence-corrected chi connectivity index (χ4v) is 2.94. The van der Waals surface area contributed by atoms with E-state index in [0.717, 1.165) is 0 Å². The van der Waals surface area contributed by atoms with Crippen molar-refractivity contribution in [2.24, 2.45) is 5.73 Å². The van der Waals surface area contributed by atoms with Gasteiger partial charge in [-0.15, -0.1) is 0 Å². The van der Waals surface area contributed by atoms with Crippen LogP contribution in [-0.4, -0.2) is 42.3 Å². The van der Waals surface area contributed by atoms with E-state index < -0.39 is 11.5 Å². The molecular formula is C17H13N7O2S. The monoisotopic (exact) mass is 379 g/mol. The minimum Gasteiger partial charge on any atom is -0.366 e. The fourth-order valence-electron chi connectivity index (χ4n) is 2.59. The molecule has 0 radical (unpaired) electrons. The summed E-state index contributed by atoms with van der Waals surface area (Å²) in [5.74, 6) is -0.180. The summed E-state index contributed by atoms with van der Waals surface area (Å²) in [5, 5.41) is 7.13. The zero-order valence-corrected chi connectivity index (χ0v) is 14.9. The average molecular weight is 379 g/mol. The number of H-pyrrole nitrogens is 2. The standard InChI is InChI=1S/C17H13N7O2S/c1-27-17-19-5-4-11(22-17)13-7-9(16(26)24-23-13)15-20-10-3-2-8(14(18)25)6-12(10)21-15/h2-7H,1H3,(H2,18,25)(H,20,21)(H,24,26). The average Bonchev–Trinajstić information content (AvgIpc) is 3.11. The molecule has 3 aromatic heterocycles. The van der Waals surface area contributed by atoms with Crippen LogP contribution in [0.1, 0.15) is 10.4 Å². The second kappa shape index (κ2) is 6.65. The molecule has 0 aliphatic rings. The number of rotatable bonds is 4. The Morgan fingerprint density at radius 2 is 2.00 bits per heavy atom. The van der Waals surface area contributed by atoms with Gasteiger partial charge in [0.05, 0.1) is 22.3 Å². The van der Waals surface area contributed by atoms with Crippen molar-refractivity contribution in [2.45, 2.75) is 5.16 Å². The lowest BCUT2D eigenvalue weighted by molar-refractivity contribution is 0.100. The number of nitrogens with two attached hydrogens (primary N) is 1. The van der Waals surface area contributed by atoms with Crippen molar-refractivity contribution < 1.29 is 4.79 Å². The third kappa shape index (κ3) is 3.17. The number of amides is 1. The van der Waals surface area contributed by atoms with E-state index in [-0.39, 0.29) is 0 Å². The molecule has 0 bridgehead atoms. The van der Waals surface area contributed by atoms with Crippen LogP contribution in [0.25, 0.3) is 33.8 Å². The van der Waals surface area contributed by atoms with Crippen LogP contribution in [0.3, 0.4) is 0 Å². The molecule has 1 amide bonds. The molecule has 4 N–H and O–H groups in total. The number of thioether (sulfide) groups is 1. The second-order valence-corrected chi connectivity index (χ2v) is 6.38. The van der Waals surface area contributed by atoms with Crippen molar-refractivity contribution >= 4 is 28.7 Å². The van der Waals surface area contributed by atoms with Crippen LogP contribution < -0.4 is 11.3 Å². The Kier molecular flexibility index (Phi) is 4.16. The van der Waals surface area contributed by atoms with Crippen LogP contribution in [0.5, 0.6) is 0 Å². The Labute approximate surface area is 156 Å². The first kappa shape index (κ1) is 16.9. The summed E-state index contributed by atoms with van der Waals surface area (Å²) in [6.07, 6.45) is 3.51. The molecule has 0 atom stereocenters. The van der Waals surface area contributed by atoms with Gasteiger partial charge in [0.25, 0.3) is 5.56 Å². The van der Waals surface area contributed by atoms with Gasteiger partial charge in [-0.3, -0.25) is 9.59 Å². The molecule has 0 unspecified atom stereocenters. The first-order valence-corrected chi connectivity index (χ1v) is 9.04. The van der Waals surface area contributed by atoms with E-state index in [1.807, 2.05) is 6.26 Å². The van der Waals surface area contributed by atoms with Gasteiger partial charge in [0.2, 0.25) is 5.91 Å². The molecule has 4 aromatic rings. The number of nitrogens with zero attached hydrogens (tertiary/aromatic N) is 4.